The van der Waals surface area contributed by atoms with Crippen molar-refractivity contribution in [3.05, 3.63) is 35.9 Å². The zero-order valence-electron chi connectivity index (χ0n) is 13.4. The van der Waals surface area contributed by atoms with Crippen LogP contribution in [0, 0.1) is 11.8 Å². The van der Waals surface area contributed by atoms with Crippen molar-refractivity contribution in [2.75, 3.05) is 20.1 Å². The van der Waals surface area contributed by atoms with E-state index >= 15 is 0 Å². The maximum absolute atomic E-state index is 6.07. The first-order valence-corrected chi connectivity index (χ1v) is 8.73. The van der Waals surface area contributed by atoms with Crippen LogP contribution in [0.3, 0.4) is 0 Å². The first-order valence-electron chi connectivity index (χ1n) is 8.73. The van der Waals surface area contributed by atoms with E-state index in [1.165, 1.54) is 50.6 Å². The number of nitrogens with zero attached hydrogens (tertiary/aromatic N) is 1. The van der Waals surface area contributed by atoms with Gasteiger partial charge in [-0.1, -0.05) is 36.8 Å². The molecule has 0 aromatic heterocycles. The molecule has 2 aliphatic carbocycles. The van der Waals surface area contributed by atoms with E-state index < -0.39 is 0 Å². The molecule has 0 heterocycles. The van der Waals surface area contributed by atoms with Crippen LogP contribution in [0.25, 0.3) is 0 Å². The van der Waals surface area contributed by atoms with E-state index in [4.69, 9.17) is 5.73 Å². The Labute approximate surface area is 129 Å². The Hall–Kier alpha value is -0.860. The highest BCUT2D eigenvalue weighted by Gasteiger charge is 2.34. The molecule has 1 aromatic rings. The van der Waals surface area contributed by atoms with Gasteiger partial charge in [0.05, 0.1) is 0 Å². The van der Waals surface area contributed by atoms with Gasteiger partial charge in [0.2, 0.25) is 0 Å². The fourth-order valence-electron chi connectivity index (χ4n) is 4.27. The minimum atomic E-state index is 0.676. The van der Waals surface area contributed by atoms with Crippen LogP contribution >= 0.6 is 0 Å². The highest BCUT2D eigenvalue weighted by molar-refractivity contribution is 5.20. The molecule has 2 nitrogen and oxygen atoms in total. The molecule has 2 heteroatoms. The van der Waals surface area contributed by atoms with Crippen LogP contribution in [0.1, 0.15) is 50.0 Å². The molecule has 0 radical (unpaired) electrons. The van der Waals surface area contributed by atoms with E-state index in [1.54, 1.807) is 0 Å². The van der Waals surface area contributed by atoms with E-state index in [1.807, 2.05) is 0 Å². The maximum Gasteiger partial charge on any atom is 0.0138 e. The van der Waals surface area contributed by atoms with Crippen LogP contribution in [0.2, 0.25) is 0 Å². The van der Waals surface area contributed by atoms with Crippen molar-refractivity contribution in [3.63, 3.8) is 0 Å². The van der Waals surface area contributed by atoms with Gasteiger partial charge in [0.25, 0.3) is 0 Å². The molecule has 3 unspecified atom stereocenters. The second-order valence-electron chi connectivity index (χ2n) is 7.22. The highest BCUT2D eigenvalue weighted by Crippen LogP contribution is 2.38. The summed E-state index contributed by atoms with van der Waals surface area (Å²) in [5.74, 6) is 2.36. The van der Waals surface area contributed by atoms with Gasteiger partial charge in [-0.2, -0.15) is 0 Å². The molecule has 0 amide bonds. The quantitative estimate of drug-likeness (QED) is 0.895. The van der Waals surface area contributed by atoms with Gasteiger partial charge in [-0.05, 0) is 69.0 Å². The fourth-order valence-corrected chi connectivity index (χ4v) is 4.27. The molecular weight excluding hydrogens is 256 g/mol. The molecule has 0 spiro atoms. The number of nitrogens with two attached hydrogens (primary N) is 1. The average molecular weight is 286 g/mol. The Bertz CT molecular complexity index is 426. The van der Waals surface area contributed by atoms with Crippen molar-refractivity contribution in [1.82, 2.24) is 4.90 Å². The Morgan fingerprint density at radius 2 is 1.86 bits per heavy atom. The second kappa shape index (κ2) is 6.93. The largest absolute Gasteiger partial charge is 0.330 e. The van der Waals surface area contributed by atoms with Gasteiger partial charge >= 0.3 is 0 Å². The van der Waals surface area contributed by atoms with Crippen LogP contribution < -0.4 is 5.73 Å². The predicted molar refractivity (Wildman–Crippen MR) is 89.3 cm³/mol. The van der Waals surface area contributed by atoms with Gasteiger partial charge in [0, 0.05) is 12.6 Å². The minimum Gasteiger partial charge on any atom is -0.330 e. The topological polar surface area (TPSA) is 29.3 Å². The highest BCUT2D eigenvalue weighted by atomic mass is 15.1. The van der Waals surface area contributed by atoms with E-state index in [0.717, 1.165) is 18.4 Å². The Morgan fingerprint density at radius 3 is 2.48 bits per heavy atom. The third-order valence-corrected chi connectivity index (χ3v) is 5.87. The smallest absolute Gasteiger partial charge is 0.0138 e. The third-order valence-electron chi connectivity index (χ3n) is 5.87. The molecule has 2 fully saturated rings. The Balaban J connectivity index is 1.66. The summed E-state index contributed by atoms with van der Waals surface area (Å²) in [6.07, 6.45) is 8.19. The van der Waals surface area contributed by atoms with Crippen molar-refractivity contribution >= 4 is 0 Å². The summed E-state index contributed by atoms with van der Waals surface area (Å²) >= 11 is 0. The zero-order valence-corrected chi connectivity index (χ0v) is 13.4. The zero-order chi connectivity index (χ0) is 14.7. The summed E-state index contributed by atoms with van der Waals surface area (Å²) in [4.78, 5) is 2.64. The standard InChI is InChI=1S/C19H30N2/c1-21(14-15-6-5-7-15)19-12-17(10-11-18(19)13-20)16-8-3-2-4-9-16/h2-4,8-9,15,17-19H,5-7,10-14,20H2,1H3. The fraction of sp³-hybridized carbons (Fsp3) is 0.684. The lowest BCUT2D eigenvalue weighted by Crippen LogP contribution is -2.47. The molecule has 0 aliphatic heterocycles. The molecule has 2 N–H and O–H groups in total. The second-order valence-corrected chi connectivity index (χ2v) is 7.22. The molecule has 0 bridgehead atoms. The van der Waals surface area contributed by atoms with E-state index in [2.05, 4.69) is 42.3 Å². The lowest BCUT2D eigenvalue weighted by molar-refractivity contribution is 0.0898. The number of hydrogen-bond donors (Lipinski definition) is 1. The lowest BCUT2D eigenvalue weighted by atomic mass is 9.74. The number of hydrogen-bond acceptors (Lipinski definition) is 2. The van der Waals surface area contributed by atoms with Crippen LogP contribution in [0.5, 0.6) is 0 Å². The summed E-state index contributed by atoms with van der Waals surface area (Å²) in [6, 6.07) is 11.8. The van der Waals surface area contributed by atoms with Crippen molar-refractivity contribution in [2.24, 2.45) is 17.6 Å². The molecule has 116 valence electrons. The van der Waals surface area contributed by atoms with Crippen LogP contribution in [0.4, 0.5) is 0 Å². The maximum atomic E-state index is 6.07. The summed E-state index contributed by atoms with van der Waals surface area (Å²) < 4.78 is 0. The summed E-state index contributed by atoms with van der Waals surface area (Å²) in [5, 5.41) is 0. The van der Waals surface area contributed by atoms with Crippen LogP contribution in [-0.4, -0.2) is 31.1 Å². The molecule has 2 saturated carbocycles. The SMILES string of the molecule is CN(CC1CCC1)C1CC(c2ccccc2)CCC1CN. The van der Waals surface area contributed by atoms with Gasteiger partial charge in [0.15, 0.2) is 0 Å². The van der Waals surface area contributed by atoms with Crippen molar-refractivity contribution < 1.29 is 0 Å². The molecule has 2 aliphatic rings. The molecule has 3 atom stereocenters. The van der Waals surface area contributed by atoms with Gasteiger partial charge in [-0.15, -0.1) is 0 Å². The summed E-state index contributed by atoms with van der Waals surface area (Å²) in [7, 11) is 2.33. The van der Waals surface area contributed by atoms with Crippen molar-refractivity contribution in [3.8, 4) is 0 Å². The first-order chi connectivity index (χ1) is 10.3. The normalized spacial score (nSPS) is 30.3. The molecule has 21 heavy (non-hydrogen) atoms. The van der Waals surface area contributed by atoms with Gasteiger partial charge in [0.1, 0.15) is 0 Å². The lowest BCUT2D eigenvalue weighted by Gasteiger charge is -2.43. The van der Waals surface area contributed by atoms with Crippen molar-refractivity contribution in [1.29, 1.82) is 0 Å². The number of rotatable bonds is 5. The molecule has 1 aromatic carbocycles. The predicted octanol–water partition coefficient (Wildman–Crippen LogP) is 3.63. The number of benzene rings is 1. The van der Waals surface area contributed by atoms with Crippen molar-refractivity contribution in [2.45, 2.75) is 50.5 Å². The first kappa shape index (κ1) is 15.1. The van der Waals surface area contributed by atoms with E-state index in [-0.39, 0.29) is 0 Å². The van der Waals surface area contributed by atoms with Gasteiger partial charge < -0.3 is 10.6 Å². The monoisotopic (exact) mass is 286 g/mol. The van der Waals surface area contributed by atoms with Crippen LogP contribution in [-0.2, 0) is 0 Å². The molecule has 0 saturated heterocycles. The summed E-state index contributed by atoms with van der Waals surface area (Å²) in [6.45, 7) is 2.13. The van der Waals surface area contributed by atoms with Gasteiger partial charge in [-0.25, -0.2) is 0 Å². The van der Waals surface area contributed by atoms with E-state index in [0.29, 0.717) is 12.0 Å². The third kappa shape index (κ3) is 3.49. The summed E-state index contributed by atoms with van der Waals surface area (Å²) in [5.41, 5.74) is 7.59. The molecular formula is C19H30N2. The van der Waals surface area contributed by atoms with Crippen LogP contribution in [0.15, 0.2) is 30.3 Å². The Morgan fingerprint density at radius 1 is 1.10 bits per heavy atom. The van der Waals surface area contributed by atoms with E-state index in [9.17, 15) is 0 Å². The average Bonchev–Trinajstić information content (AvgIpc) is 2.51. The minimum absolute atomic E-state index is 0.676. The molecule has 3 rings (SSSR count). The Kier molecular flexibility index (Phi) is 4.97. The van der Waals surface area contributed by atoms with Gasteiger partial charge in [-0.3, -0.25) is 0 Å².